The molecule has 3 heterocycles. The first kappa shape index (κ1) is 24.2. The third-order valence-corrected chi connectivity index (χ3v) is 8.33. The molecule has 0 radical (unpaired) electrons. The first-order valence-corrected chi connectivity index (χ1v) is 13.3. The molecule has 5 rings (SSSR count). The second kappa shape index (κ2) is 9.51. The lowest BCUT2D eigenvalue weighted by Crippen LogP contribution is -2.19. The van der Waals surface area contributed by atoms with Crippen LogP contribution in [0.15, 0.2) is 53.8 Å². The van der Waals surface area contributed by atoms with Crippen molar-refractivity contribution in [2.75, 3.05) is 26.1 Å². The summed E-state index contributed by atoms with van der Waals surface area (Å²) < 4.78 is 55.0. The molecule has 1 aliphatic heterocycles. The Bertz CT molecular complexity index is 1550. The minimum absolute atomic E-state index is 0.0726. The predicted molar refractivity (Wildman–Crippen MR) is 135 cm³/mol. The van der Waals surface area contributed by atoms with Crippen LogP contribution in [-0.2, 0) is 20.3 Å². The van der Waals surface area contributed by atoms with Crippen LogP contribution in [0.1, 0.15) is 30.0 Å². The Balaban J connectivity index is 1.57. The zero-order valence-corrected chi connectivity index (χ0v) is 20.9. The lowest BCUT2D eigenvalue weighted by molar-refractivity contribution is 0.0706. The highest BCUT2D eigenvalue weighted by atomic mass is 32.2. The van der Waals surface area contributed by atoms with Gasteiger partial charge < -0.3 is 19.8 Å². The quantitative estimate of drug-likeness (QED) is 0.408. The van der Waals surface area contributed by atoms with E-state index in [1.54, 1.807) is 25.1 Å². The Labute approximate surface area is 208 Å². The molecule has 1 saturated heterocycles. The number of fused-ring (bicyclic) bond motifs is 1. The van der Waals surface area contributed by atoms with E-state index in [-0.39, 0.29) is 27.9 Å². The molecule has 0 unspecified atom stereocenters. The van der Waals surface area contributed by atoms with Crippen molar-refractivity contribution in [2.45, 2.75) is 36.5 Å². The number of rotatable bonds is 6. The van der Waals surface area contributed by atoms with Crippen LogP contribution >= 0.6 is 0 Å². The molecule has 0 aliphatic carbocycles. The number of nitrogens with two attached hydrogens (primary N) is 1. The van der Waals surface area contributed by atoms with E-state index in [1.165, 1.54) is 31.6 Å². The summed E-state index contributed by atoms with van der Waals surface area (Å²) in [6.45, 7) is 3.03. The highest BCUT2D eigenvalue weighted by molar-refractivity contribution is 7.90. The molecule has 10 heteroatoms. The van der Waals surface area contributed by atoms with Gasteiger partial charge in [-0.2, -0.15) is 0 Å². The summed E-state index contributed by atoms with van der Waals surface area (Å²) in [5.74, 6) is -0.265. The molecule has 0 amide bonds. The van der Waals surface area contributed by atoms with E-state index in [2.05, 4.69) is 9.97 Å². The van der Waals surface area contributed by atoms with Crippen LogP contribution in [-0.4, -0.2) is 43.3 Å². The van der Waals surface area contributed by atoms with Crippen molar-refractivity contribution >= 4 is 26.7 Å². The Morgan fingerprint density at radius 1 is 1.17 bits per heavy atom. The van der Waals surface area contributed by atoms with E-state index in [1.807, 2.05) is 10.8 Å². The fraction of sp³-hybridized carbons (Fsp3) is 0.308. The van der Waals surface area contributed by atoms with Crippen LogP contribution in [0, 0.1) is 12.7 Å². The fourth-order valence-corrected chi connectivity index (χ4v) is 6.22. The number of methoxy groups -OCH3 is 1. The molecule has 4 aromatic rings. The van der Waals surface area contributed by atoms with Crippen LogP contribution in [0.3, 0.4) is 0 Å². The molecule has 0 bridgehead atoms. The van der Waals surface area contributed by atoms with Gasteiger partial charge in [0.15, 0.2) is 9.84 Å². The fourth-order valence-electron chi connectivity index (χ4n) is 4.79. The van der Waals surface area contributed by atoms with Crippen molar-refractivity contribution in [3.63, 3.8) is 0 Å². The zero-order valence-electron chi connectivity index (χ0n) is 20.1. The zero-order chi connectivity index (χ0) is 25.4. The van der Waals surface area contributed by atoms with E-state index in [0.29, 0.717) is 41.1 Å². The molecule has 1 aliphatic rings. The summed E-state index contributed by atoms with van der Waals surface area (Å²) in [6.07, 6.45) is 4.84. The first-order chi connectivity index (χ1) is 17.3. The molecular formula is C26H27FN4O4S. The van der Waals surface area contributed by atoms with E-state index >= 15 is 4.39 Å². The lowest BCUT2D eigenvalue weighted by Gasteiger charge is -2.24. The lowest BCUT2D eigenvalue weighted by atomic mass is 10.0. The first-order valence-electron chi connectivity index (χ1n) is 11.6. The molecule has 0 atom stereocenters. The number of nitrogen functional groups attached to an aromatic ring is 1. The van der Waals surface area contributed by atoms with E-state index in [0.717, 1.165) is 12.8 Å². The van der Waals surface area contributed by atoms with Crippen molar-refractivity contribution in [2.24, 2.45) is 0 Å². The largest absolute Gasteiger partial charge is 0.496 e. The van der Waals surface area contributed by atoms with Gasteiger partial charge in [-0.15, -0.1) is 0 Å². The molecule has 8 nitrogen and oxygen atoms in total. The number of benzene rings is 2. The second-order valence-electron chi connectivity index (χ2n) is 8.92. The molecule has 0 spiro atoms. The number of nitrogens with zero attached hydrogens (tertiary/aromatic N) is 3. The van der Waals surface area contributed by atoms with Crippen LogP contribution in [0.2, 0.25) is 0 Å². The molecule has 1 fully saturated rings. The maximum absolute atomic E-state index is 15.9. The molecule has 0 saturated carbocycles. The number of ether oxygens (including phenoxy) is 2. The summed E-state index contributed by atoms with van der Waals surface area (Å²) in [5, 5.41) is 0.550. The van der Waals surface area contributed by atoms with Crippen LogP contribution in [0.25, 0.3) is 22.2 Å². The van der Waals surface area contributed by atoms with Gasteiger partial charge >= 0.3 is 0 Å². The number of sulfone groups is 1. The molecule has 2 aromatic carbocycles. The third-order valence-electron chi connectivity index (χ3n) is 6.66. The molecule has 36 heavy (non-hydrogen) atoms. The summed E-state index contributed by atoms with van der Waals surface area (Å²) in [6, 6.07) is 9.51. The number of aromatic nitrogens is 3. The van der Waals surface area contributed by atoms with Crippen molar-refractivity contribution in [3.8, 4) is 16.9 Å². The number of halogens is 1. The maximum atomic E-state index is 15.9. The van der Waals surface area contributed by atoms with Gasteiger partial charge in [0.05, 0.1) is 23.1 Å². The summed E-state index contributed by atoms with van der Waals surface area (Å²) in [4.78, 5) is 8.68. The highest BCUT2D eigenvalue weighted by Crippen LogP contribution is 2.38. The average molecular weight is 511 g/mol. The monoisotopic (exact) mass is 510 g/mol. The van der Waals surface area contributed by atoms with Gasteiger partial charge in [-0.3, -0.25) is 0 Å². The Kier molecular flexibility index (Phi) is 6.40. The summed E-state index contributed by atoms with van der Waals surface area (Å²) >= 11 is 0. The maximum Gasteiger partial charge on any atom is 0.182 e. The van der Waals surface area contributed by atoms with Crippen LogP contribution in [0.5, 0.6) is 5.75 Å². The van der Waals surface area contributed by atoms with Gasteiger partial charge in [-0.05, 0) is 43.5 Å². The van der Waals surface area contributed by atoms with Gasteiger partial charge in [-0.1, -0.05) is 18.2 Å². The number of hydrogen-bond donors (Lipinski definition) is 1. The Hall–Kier alpha value is -3.50. The van der Waals surface area contributed by atoms with E-state index in [9.17, 15) is 8.42 Å². The normalized spacial score (nSPS) is 14.9. The predicted octanol–water partition coefficient (Wildman–Crippen LogP) is 4.46. The van der Waals surface area contributed by atoms with E-state index < -0.39 is 21.4 Å². The molecule has 188 valence electrons. The van der Waals surface area contributed by atoms with Gasteiger partial charge in [-0.25, -0.2) is 22.8 Å². The highest BCUT2D eigenvalue weighted by Gasteiger charge is 2.25. The number of anilines is 1. The summed E-state index contributed by atoms with van der Waals surface area (Å²) in [5.41, 5.74) is 8.39. The molecule has 2 N–H and O–H groups in total. The van der Waals surface area contributed by atoms with Crippen LogP contribution in [0.4, 0.5) is 10.2 Å². The second-order valence-corrected chi connectivity index (χ2v) is 10.9. The van der Waals surface area contributed by atoms with Crippen molar-refractivity contribution < 1.29 is 22.3 Å². The Morgan fingerprint density at radius 3 is 2.67 bits per heavy atom. The van der Waals surface area contributed by atoms with Gasteiger partial charge in [0.2, 0.25) is 0 Å². The summed E-state index contributed by atoms with van der Waals surface area (Å²) in [7, 11) is -2.29. The minimum Gasteiger partial charge on any atom is -0.496 e. The molecule has 2 aromatic heterocycles. The minimum atomic E-state index is -3.81. The average Bonchev–Trinajstić information content (AvgIpc) is 3.26. The third kappa shape index (κ3) is 4.31. The van der Waals surface area contributed by atoms with Crippen LogP contribution < -0.4 is 10.5 Å². The topological polar surface area (TPSA) is 109 Å². The number of aryl methyl sites for hydroxylation is 1. The standard InChI is InChI=1S/C26H27FN4O4S/c1-16-12-19(6-7-22(16)34-2)36(32,33)14-17-4-3-5-20(24(17)27)21-13-31(18-8-10-35-11-9-18)26-23(21)25(28)29-15-30-26/h3-7,12-13,15,18H,8-11,14H2,1-2H3,(H2,28,29,30). The van der Waals surface area contributed by atoms with Gasteiger partial charge in [0, 0.05) is 42.1 Å². The smallest absolute Gasteiger partial charge is 0.182 e. The van der Waals surface area contributed by atoms with Gasteiger partial charge in [0.25, 0.3) is 0 Å². The van der Waals surface area contributed by atoms with Crippen molar-refractivity contribution in [3.05, 3.63) is 65.9 Å². The van der Waals surface area contributed by atoms with Crippen molar-refractivity contribution in [1.82, 2.24) is 14.5 Å². The SMILES string of the molecule is COc1ccc(S(=O)(=O)Cc2cccc(-c3cn(C4CCOCC4)c4ncnc(N)c34)c2F)cc1C. The van der Waals surface area contributed by atoms with Crippen molar-refractivity contribution in [1.29, 1.82) is 0 Å². The Morgan fingerprint density at radius 2 is 1.94 bits per heavy atom. The number of hydrogen-bond acceptors (Lipinski definition) is 7. The molecular weight excluding hydrogens is 483 g/mol. The van der Waals surface area contributed by atoms with E-state index in [4.69, 9.17) is 15.2 Å². The van der Waals surface area contributed by atoms with Gasteiger partial charge in [0.1, 0.15) is 29.4 Å².